The van der Waals surface area contributed by atoms with Crippen LogP contribution in [0, 0.1) is 0 Å². The Balaban J connectivity index is 1.78. The molecule has 34 heavy (non-hydrogen) atoms. The lowest BCUT2D eigenvalue weighted by atomic mass is 9.80. The summed E-state index contributed by atoms with van der Waals surface area (Å²) in [4.78, 5) is 20.3. The van der Waals surface area contributed by atoms with Crippen LogP contribution in [0.15, 0.2) is 120 Å². The first-order valence-electron chi connectivity index (χ1n) is 11.1. The minimum atomic E-state index is -1.55. The van der Waals surface area contributed by atoms with Gasteiger partial charge in [-0.2, -0.15) is 0 Å². The first-order chi connectivity index (χ1) is 16.6. The highest BCUT2D eigenvalue weighted by molar-refractivity contribution is 6.30. The van der Waals surface area contributed by atoms with Crippen molar-refractivity contribution >= 4 is 23.4 Å². The summed E-state index contributed by atoms with van der Waals surface area (Å²) in [5.74, 6) is -0.358. The number of nitrogens with zero attached hydrogens (tertiary/aromatic N) is 2. The molecule has 0 fully saturated rings. The van der Waals surface area contributed by atoms with Gasteiger partial charge in [0.2, 0.25) is 5.54 Å². The van der Waals surface area contributed by atoms with E-state index in [9.17, 15) is 9.90 Å². The van der Waals surface area contributed by atoms with Gasteiger partial charge in [0.1, 0.15) is 5.84 Å². The van der Waals surface area contributed by atoms with Gasteiger partial charge in [0.05, 0.1) is 6.04 Å². The van der Waals surface area contributed by atoms with Gasteiger partial charge >= 0.3 is 5.97 Å². The number of aliphatic carboxylic acids is 1. The topological polar surface area (TPSA) is 52.9 Å². The molecule has 4 nitrogen and oxygen atoms in total. The van der Waals surface area contributed by atoms with Gasteiger partial charge in [0.15, 0.2) is 0 Å². The normalized spacial score (nSPS) is 19.6. The van der Waals surface area contributed by atoms with Crippen molar-refractivity contribution in [3.05, 3.63) is 143 Å². The fraction of sp³-hybridized carbons (Fsp3) is 0.103. The third-order valence-electron chi connectivity index (χ3n) is 6.22. The summed E-state index contributed by atoms with van der Waals surface area (Å²) >= 11 is 6.16. The second kappa shape index (κ2) is 9.16. The van der Waals surface area contributed by atoms with Crippen molar-refractivity contribution in [1.82, 2.24) is 4.90 Å². The largest absolute Gasteiger partial charge is 0.479 e. The molecule has 0 unspecified atom stereocenters. The molecule has 0 radical (unpaired) electrons. The van der Waals surface area contributed by atoms with Crippen LogP contribution in [0.4, 0.5) is 0 Å². The Hall–Kier alpha value is -3.89. The van der Waals surface area contributed by atoms with E-state index in [4.69, 9.17) is 16.6 Å². The third kappa shape index (κ3) is 3.87. The SMILES string of the molecule is O=C(O)[C@@]1(c2ccc(Cl)cc2)N=C(c2ccccc2)N(Cc2ccccc2)[C@H]1c1ccccc1. The Bertz CT molecular complexity index is 1310. The van der Waals surface area contributed by atoms with Gasteiger partial charge in [0.25, 0.3) is 0 Å². The molecule has 0 aromatic heterocycles. The fourth-order valence-corrected chi connectivity index (χ4v) is 4.80. The molecular formula is C29H23ClN2O2. The minimum absolute atomic E-state index is 0.511. The van der Waals surface area contributed by atoms with Crippen molar-refractivity contribution < 1.29 is 9.90 Å². The van der Waals surface area contributed by atoms with Gasteiger partial charge in [0, 0.05) is 17.1 Å². The van der Waals surface area contributed by atoms with Crippen LogP contribution in [0.5, 0.6) is 0 Å². The predicted octanol–water partition coefficient (Wildman–Crippen LogP) is 6.32. The van der Waals surface area contributed by atoms with E-state index in [0.29, 0.717) is 23.0 Å². The first-order valence-corrected chi connectivity index (χ1v) is 11.5. The summed E-state index contributed by atoms with van der Waals surface area (Å²) in [6.07, 6.45) is 0. The van der Waals surface area contributed by atoms with Crippen LogP contribution in [-0.2, 0) is 16.9 Å². The number of amidine groups is 1. The summed E-state index contributed by atoms with van der Waals surface area (Å²) in [6.45, 7) is 0.511. The van der Waals surface area contributed by atoms with Gasteiger partial charge in [-0.3, -0.25) is 0 Å². The molecule has 0 amide bonds. The quantitative estimate of drug-likeness (QED) is 0.361. The standard InChI is InChI=1S/C29H23ClN2O2/c30-25-18-16-24(17-19-25)29(28(33)34)26(22-12-6-2-7-13-22)32(20-21-10-4-1-5-11-21)27(31-29)23-14-8-3-9-15-23/h1-19,26H,20H2,(H,33,34)/t26-,29-/m0/s1. The number of halogens is 1. The first kappa shape index (κ1) is 21.9. The zero-order chi connectivity index (χ0) is 23.5. The molecule has 1 aliphatic rings. The summed E-state index contributed by atoms with van der Waals surface area (Å²) in [5.41, 5.74) is 1.86. The molecule has 5 heteroatoms. The van der Waals surface area contributed by atoms with E-state index in [2.05, 4.69) is 4.90 Å². The highest BCUT2D eigenvalue weighted by atomic mass is 35.5. The molecule has 0 bridgehead atoms. The average molecular weight is 467 g/mol. The zero-order valence-electron chi connectivity index (χ0n) is 18.4. The lowest BCUT2D eigenvalue weighted by Crippen LogP contribution is -2.43. The summed E-state index contributed by atoms with van der Waals surface area (Å²) in [5, 5.41) is 11.3. The van der Waals surface area contributed by atoms with E-state index in [1.807, 2.05) is 91.0 Å². The Kier molecular flexibility index (Phi) is 5.91. The molecule has 0 saturated heterocycles. The lowest BCUT2D eigenvalue weighted by Gasteiger charge is -2.36. The summed E-state index contributed by atoms with van der Waals surface area (Å²) < 4.78 is 0. The molecule has 4 aromatic rings. The van der Waals surface area contributed by atoms with Crippen LogP contribution in [0.1, 0.15) is 28.3 Å². The van der Waals surface area contributed by atoms with Crippen molar-refractivity contribution in [1.29, 1.82) is 0 Å². The maximum atomic E-state index is 13.2. The van der Waals surface area contributed by atoms with E-state index >= 15 is 0 Å². The number of carbonyl (C=O) groups is 1. The van der Waals surface area contributed by atoms with Crippen molar-refractivity contribution in [2.45, 2.75) is 18.1 Å². The number of hydrogen-bond donors (Lipinski definition) is 1. The molecule has 5 rings (SSSR count). The highest BCUT2D eigenvalue weighted by Crippen LogP contribution is 2.49. The molecule has 1 aliphatic heterocycles. The number of benzene rings is 4. The molecule has 1 N–H and O–H groups in total. The van der Waals surface area contributed by atoms with Gasteiger partial charge < -0.3 is 10.0 Å². The molecule has 1 heterocycles. The van der Waals surface area contributed by atoms with Gasteiger partial charge in [-0.05, 0) is 28.8 Å². The van der Waals surface area contributed by atoms with Crippen LogP contribution < -0.4 is 0 Å². The number of carboxylic acid groups (broad SMARTS) is 1. The van der Waals surface area contributed by atoms with Crippen LogP contribution in [0.3, 0.4) is 0 Å². The Morgan fingerprint density at radius 2 is 1.38 bits per heavy atom. The third-order valence-corrected chi connectivity index (χ3v) is 6.47. The van der Waals surface area contributed by atoms with Crippen LogP contribution >= 0.6 is 11.6 Å². The Morgan fingerprint density at radius 3 is 1.97 bits per heavy atom. The van der Waals surface area contributed by atoms with Crippen molar-refractivity contribution in [2.24, 2.45) is 4.99 Å². The second-order valence-electron chi connectivity index (χ2n) is 8.31. The molecule has 0 spiro atoms. The monoisotopic (exact) mass is 466 g/mol. The summed E-state index contributed by atoms with van der Waals surface area (Å²) in [6, 6.07) is 36.0. The lowest BCUT2D eigenvalue weighted by molar-refractivity contribution is -0.145. The van der Waals surface area contributed by atoms with Gasteiger partial charge in [-0.15, -0.1) is 0 Å². The number of rotatable bonds is 6. The minimum Gasteiger partial charge on any atom is -0.479 e. The van der Waals surface area contributed by atoms with Gasteiger partial charge in [-0.25, -0.2) is 9.79 Å². The average Bonchev–Trinajstić information content (AvgIpc) is 3.22. The van der Waals surface area contributed by atoms with Crippen molar-refractivity contribution in [3.8, 4) is 0 Å². The van der Waals surface area contributed by atoms with E-state index in [0.717, 1.165) is 16.7 Å². The van der Waals surface area contributed by atoms with E-state index in [1.54, 1.807) is 24.3 Å². The van der Waals surface area contributed by atoms with Crippen LogP contribution in [0.2, 0.25) is 5.02 Å². The molecule has 0 saturated carbocycles. The number of aliphatic imine (C=N–C) groups is 1. The Labute approximate surface area is 203 Å². The van der Waals surface area contributed by atoms with E-state index in [-0.39, 0.29) is 0 Å². The van der Waals surface area contributed by atoms with Gasteiger partial charge in [-0.1, -0.05) is 115 Å². The Morgan fingerprint density at radius 1 is 0.824 bits per heavy atom. The molecule has 2 atom stereocenters. The fourth-order valence-electron chi connectivity index (χ4n) is 4.68. The van der Waals surface area contributed by atoms with E-state index < -0.39 is 17.6 Å². The highest BCUT2D eigenvalue weighted by Gasteiger charge is 2.56. The van der Waals surface area contributed by atoms with Crippen molar-refractivity contribution in [2.75, 3.05) is 0 Å². The van der Waals surface area contributed by atoms with Crippen LogP contribution in [0.25, 0.3) is 0 Å². The maximum Gasteiger partial charge on any atom is 0.338 e. The molecule has 168 valence electrons. The van der Waals surface area contributed by atoms with E-state index in [1.165, 1.54) is 0 Å². The smallest absolute Gasteiger partial charge is 0.338 e. The van der Waals surface area contributed by atoms with Crippen molar-refractivity contribution in [3.63, 3.8) is 0 Å². The number of carboxylic acids is 1. The summed E-state index contributed by atoms with van der Waals surface area (Å²) in [7, 11) is 0. The molecule has 0 aliphatic carbocycles. The zero-order valence-corrected chi connectivity index (χ0v) is 19.1. The molecular weight excluding hydrogens is 444 g/mol. The molecule has 4 aromatic carbocycles. The number of hydrogen-bond acceptors (Lipinski definition) is 3. The maximum absolute atomic E-state index is 13.2. The van der Waals surface area contributed by atoms with Crippen LogP contribution in [-0.4, -0.2) is 21.8 Å². The predicted molar refractivity (Wildman–Crippen MR) is 135 cm³/mol. The second-order valence-corrected chi connectivity index (χ2v) is 8.74.